The molecule has 0 bridgehead atoms. The first kappa shape index (κ1) is 17.5. The molecule has 3 rings (SSSR count). The monoisotopic (exact) mass is 396 g/mol. The van der Waals surface area contributed by atoms with E-state index in [1.807, 2.05) is 0 Å². The molecule has 1 aromatic rings. The van der Waals surface area contributed by atoms with Gasteiger partial charge < -0.3 is 9.80 Å². The molecule has 132 valence electrons. The van der Waals surface area contributed by atoms with E-state index in [1.165, 1.54) is 11.1 Å². The van der Waals surface area contributed by atoms with E-state index in [9.17, 15) is 9.59 Å². The van der Waals surface area contributed by atoms with Gasteiger partial charge in [-0.25, -0.2) is 4.68 Å². The number of hydrogen-bond acceptors (Lipinski definition) is 4. The number of carbonyl (C=O) groups is 1. The molecule has 3 heterocycles. The van der Waals surface area contributed by atoms with Crippen LogP contribution < -0.4 is 10.5 Å². The summed E-state index contributed by atoms with van der Waals surface area (Å²) in [5, 5.41) is 4.11. The third-order valence-corrected chi connectivity index (χ3v) is 5.96. The summed E-state index contributed by atoms with van der Waals surface area (Å²) in [6, 6.07) is 0. The zero-order chi connectivity index (χ0) is 17.3. The molecule has 1 unspecified atom stereocenters. The van der Waals surface area contributed by atoms with Crippen LogP contribution in [0.1, 0.15) is 32.6 Å². The smallest absolute Gasteiger partial charge is 0.282 e. The Bertz CT molecular complexity index is 667. The van der Waals surface area contributed by atoms with E-state index in [-0.39, 0.29) is 11.5 Å². The Kier molecular flexibility index (Phi) is 5.27. The predicted molar refractivity (Wildman–Crippen MR) is 97.1 cm³/mol. The molecule has 2 aliphatic rings. The van der Waals surface area contributed by atoms with Gasteiger partial charge in [-0.05, 0) is 47.5 Å². The largest absolute Gasteiger partial charge is 0.369 e. The molecular weight excluding hydrogens is 372 g/mol. The molecule has 0 spiro atoms. The average molecular weight is 397 g/mol. The van der Waals surface area contributed by atoms with Gasteiger partial charge in [0.2, 0.25) is 5.91 Å². The van der Waals surface area contributed by atoms with Crippen LogP contribution >= 0.6 is 15.9 Å². The summed E-state index contributed by atoms with van der Waals surface area (Å²) in [6.07, 6.45) is 5.75. The van der Waals surface area contributed by atoms with Crippen molar-refractivity contribution >= 4 is 27.5 Å². The maximum absolute atomic E-state index is 12.7. The summed E-state index contributed by atoms with van der Waals surface area (Å²) >= 11 is 3.39. The van der Waals surface area contributed by atoms with Crippen LogP contribution in [0.4, 0.5) is 5.69 Å². The first-order chi connectivity index (χ1) is 11.5. The zero-order valence-corrected chi connectivity index (χ0v) is 16.0. The Labute approximate surface area is 150 Å². The minimum Gasteiger partial charge on any atom is -0.369 e. The van der Waals surface area contributed by atoms with Crippen LogP contribution in [0.2, 0.25) is 0 Å². The van der Waals surface area contributed by atoms with Gasteiger partial charge in [0.1, 0.15) is 4.47 Å². The fraction of sp³-hybridized carbons (Fsp3) is 0.706. The highest BCUT2D eigenvalue weighted by molar-refractivity contribution is 9.10. The van der Waals surface area contributed by atoms with Crippen molar-refractivity contribution in [2.24, 2.45) is 18.9 Å². The maximum atomic E-state index is 12.7. The highest BCUT2D eigenvalue weighted by Gasteiger charge is 2.31. The number of piperidine rings is 2. The number of hydrogen-bond donors (Lipinski definition) is 0. The molecule has 0 radical (unpaired) electrons. The van der Waals surface area contributed by atoms with E-state index in [1.54, 1.807) is 13.2 Å². The third-order valence-electron chi connectivity index (χ3n) is 5.21. The summed E-state index contributed by atoms with van der Waals surface area (Å²) in [7, 11) is 1.64. The minimum atomic E-state index is -0.131. The van der Waals surface area contributed by atoms with Crippen LogP contribution in [-0.4, -0.2) is 46.8 Å². The average Bonchev–Trinajstić information content (AvgIpc) is 2.59. The lowest BCUT2D eigenvalue weighted by atomic mass is 9.92. The van der Waals surface area contributed by atoms with Gasteiger partial charge in [-0.2, -0.15) is 5.10 Å². The van der Waals surface area contributed by atoms with Crippen LogP contribution in [0.15, 0.2) is 15.5 Å². The highest BCUT2D eigenvalue weighted by atomic mass is 79.9. The molecule has 2 aliphatic heterocycles. The maximum Gasteiger partial charge on any atom is 0.282 e. The standard InChI is InChI=1S/C17H25BrN4O2/c1-12-4-3-7-22(11-12)16(23)13-5-8-21(9-6-13)14-10-19-20(2)17(24)15(14)18/h10,12-13H,3-9,11H2,1-2H3. The molecule has 0 aliphatic carbocycles. The number of anilines is 1. The van der Waals surface area contributed by atoms with E-state index < -0.39 is 0 Å². The highest BCUT2D eigenvalue weighted by Crippen LogP contribution is 2.28. The van der Waals surface area contributed by atoms with Crippen molar-refractivity contribution in [3.63, 3.8) is 0 Å². The van der Waals surface area contributed by atoms with Crippen molar-refractivity contribution in [1.29, 1.82) is 0 Å². The molecule has 7 heteroatoms. The first-order valence-corrected chi connectivity index (χ1v) is 9.52. The normalized spacial score (nSPS) is 22.7. The van der Waals surface area contributed by atoms with Gasteiger partial charge >= 0.3 is 0 Å². The molecule has 0 N–H and O–H groups in total. The van der Waals surface area contributed by atoms with E-state index in [4.69, 9.17) is 0 Å². The zero-order valence-electron chi connectivity index (χ0n) is 14.4. The summed E-state index contributed by atoms with van der Waals surface area (Å²) < 4.78 is 1.87. The van der Waals surface area contributed by atoms with Gasteiger partial charge in [0.05, 0.1) is 11.9 Å². The molecule has 6 nitrogen and oxygen atoms in total. The first-order valence-electron chi connectivity index (χ1n) is 8.73. The van der Waals surface area contributed by atoms with Crippen molar-refractivity contribution in [3.8, 4) is 0 Å². The number of rotatable bonds is 2. The van der Waals surface area contributed by atoms with Crippen molar-refractivity contribution in [1.82, 2.24) is 14.7 Å². The van der Waals surface area contributed by atoms with E-state index in [0.29, 0.717) is 16.3 Å². The van der Waals surface area contributed by atoms with E-state index in [2.05, 4.69) is 37.8 Å². The summed E-state index contributed by atoms with van der Waals surface area (Å²) in [4.78, 5) is 29.0. The van der Waals surface area contributed by atoms with Crippen LogP contribution in [-0.2, 0) is 11.8 Å². The SMILES string of the molecule is CC1CCCN(C(=O)C2CCN(c3cnn(C)c(=O)c3Br)CC2)C1. The number of aromatic nitrogens is 2. The Morgan fingerprint density at radius 3 is 2.62 bits per heavy atom. The summed E-state index contributed by atoms with van der Waals surface area (Å²) in [6.45, 7) is 5.61. The van der Waals surface area contributed by atoms with Gasteiger partial charge in [-0.15, -0.1) is 0 Å². The van der Waals surface area contributed by atoms with Crippen LogP contribution in [0.5, 0.6) is 0 Å². The molecule has 1 aromatic heterocycles. The minimum absolute atomic E-state index is 0.116. The Morgan fingerprint density at radius 2 is 1.96 bits per heavy atom. The van der Waals surface area contributed by atoms with Crippen molar-refractivity contribution in [2.45, 2.75) is 32.6 Å². The predicted octanol–water partition coefficient (Wildman–Crippen LogP) is 2.02. The second-order valence-corrected chi connectivity index (χ2v) is 7.86. The Morgan fingerprint density at radius 1 is 1.25 bits per heavy atom. The number of likely N-dealkylation sites (tertiary alicyclic amines) is 1. The Balaban J connectivity index is 1.63. The molecule has 24 heavy (non-hydrogen) atoms. The molecule has 2 saturated heterocycles. The lowest BCUT2D eigenvalue weighted by Crippen LogP contribution is -2.46. The van der Waals surface area contributed by atoms with E-state index >= 15 is 0 Å². The third kappa shape index (κ3) is 3.50. The molecule has 0 saturated carbocycles. The second kappa shape index (κ2) is 7.25. The lowest BCUT2D eigenvalue weighted by Gasteiger charge is -2.37. The van der Waals surface area contributed by atoms with Crippen LogP contribution in [0.25, 0.3) is 0 Å². The topological polar surface area (TPSA) is 58.4 Å². The van der Waals surface area contributed by atoms with Crippen molar-refractivity contribution in [3.05, 3.63) is 21.0 Å². The Hall–Kier alpha value is -1.37. The van der Waals surface area contributed by atoms with E-state index in [0.717, 1.165) is 51.1 Å². The number of amides is 1. The van der Waals surface area contributed by atoms with Gasteiger partial charge in [0, 0.05) is 39.1 Å². The molecule has 0 aromatic carbocycles. The number of halogens is 1. The van der Waals surface area contributed by atoms with Gasteiger partial charge in [-0.1, -0.05) is 6.92 Å². The van der Waals surface area contributed by atoms with Gasteiger partial charge in [0.25, 0.3) is 5.56 Å². The number of nitrogens with zero attached hydrogens (tertiary/aromatic N) is 4. The molecule has 2 fully saturated rings. The van der Waals surface area contributed by atoms with Gasteiger partial charge in [-0.3, -0.25) is 9.59 Å². The quantitative estimate of drug-likeness (QED) is 0.766. The molecule has 1 atom stereocenters. The van der Waals surface area contributed by atoms with Gasteiger partial charge in [0.15, 0.2) is 0 Å². The fourth-order valence-corrected chi connectivity index (χ4v) is 4.35. The molecular formula is C17H25BrN4O2. The number of aryl methyl sites for hydroxylation is 1. The van der Waals surface area contributed by atoms with Crippen molar-refractivity contribution < 1.29 is 4.79 Å². The summed E-state index contributed by atoms with van der Waals surface area (Å²) in [5.41, 5.74) is 0.698. The number of carbonyl (C=O) groups excluding carboxylic acids is 1. The lowest BCUT2D eigenvalue weighted by molar-refractivity contribution is -0.137. The summed E-state index contributed by atoms with van der Waals surface area (Å²) in [5.74, 6) is 1.05. The fourth-order valence-electron chi connectivity index (χ4n) is 3.74. The van der Waals surface area contributed by atoms with Crippen LogP contribution in [0.3, 0.4) is 0 Å². The van der Waals surface area contributed by atoms with Crippen molar-refractivity contribution in [2.75, 3.05) is 31.1 Å². The molecule has 1 amide bonds. The second-order valence-electron chi connectivity index (χ2n) is 7.07. The van der Waals surface area contributed by atoms with Crippen LogP contribution in [0, 0.1) is 11.8 Å².